The van der Waals surface area contributed by atoms with Crippen LogP contribution >= 0.6 is 0 Å². The average molecular weight is 269 g/mol. The lowest BCUT2D eigenvalue weighted by atomic mass is 10.1. The highest BCUT2D eigenvalue weighted by atomic mass is 16.5. The maximum Gasteiger partial charge on any atom is 0.122 e. The van der Waals surface area contributed by atoms with Crippen molar-refractivity contribution >= 4 is 0 Å². The monoisotopic (exact) mass is 269 g/mol. The van der Waals surface area contributed by atoms with Gasteiger partial charge in [0.1, 0.15) is 12.4 Å². The Morgan fingerprint density at radius 3 is 2.50 bits per heavy atom. The summed E-state index contributed by atoms with van der Waals surface area (Å²) in [4.78, 5) is 2.29. The fourth-order valence-corrected chi connectivity index (χ4v) is 2.12. The van der Waals surface area contributed by atoms with Crippen LogP contribution in [0.15, 0.2) is 48.5 Å². The van der Waals surface area contributed by atoms with Crippen molar-refractivity contribution in [3.63, 3.8) is 0 Å². The summed E-state index contributed by atoms with van der Waals surface area (Å²) in [6.07, 6.45) is 0. The molecular formula is C18H23NO. The normalized spacial score (nSPS) is 10.8. The van der Waals surface area contributed by atoms with E-state index in [-0.39, 0.29) is 0 Å². The number of ether oxygens (including phenoxy) is 1. The summed E-state index contributed by atoms with van der Waals surface area (Å²) in [5.74, 6) is 0.962. The Kier molecular flexibility index (Phi) is 5.19. The number of hydrogen-bond acceptors (Lipinski definition) is 2. The average Bonchev–Trinajstić information content (AvgIpc) is 2.47. The van der Waals surface area contributed by atoms with Crippen molar-refractivity contribution in [1.29, 1.82) is 0 Å². The molecule has 0 heterocycles. The van der Waals surface area contributed by atoms with Crippen molar-refractivity contribution in [2.75, 3.05) is 13.6 Å². The molecule has 0 amide bonds. The Hall–Kier alpha value is -1.80. The van der Waals surface area contributed by atoms with E-state index >= 15 is 0 Å². The van der Waals surface area contributed by atoms with Crippen molar-refractivity contribution in [3.8, 4) is 5.75 Å². The standard InChI is InChI=1S/C18H23NO/c1-4-19(3)13-16-9-7-10-17(12-16)14-20-18-11-6-5-8-15(18)2/h5-12H,4,13-14H2,1-3H3. The SMILES string of the molecule is CCN(C)Cc1cccc(COc2ccccc2C)c1. The molecule has 0 bridgehead atoms. The van der Waals surface area contributed by atoms with Crippen molar-refractivity contribution in [1.82, 2.24) is 4.90 Å². The van der Waals surface area contributed by atoms with Gasteiger partial charge in [0.05, 0.1) is 0 Å². The van der Waals surface area contributed by atoms with E-state index in [1.807, 2.05) is 18.2 Å². The highest BCUT2D eigenvalue weighted by Crippen LogP contribution is 2.18. The molecule has 0 unspecified atom stereocenters. The van der Waals surface area contributed by atoms with Gasteiger partial charge in [0.15, 0.2) is 0 Å². The van der Waals surface area contributed by atoms with E-state index in [0.717, 1.165) is 18.8 Å². The summed E-state index contributed by atoms with van der Waals surface area (Å²) >= 11 is 0. The third-order valence-electron chi connectivity index (χ3n) is 3.47. The zero-order chi connectivity index (χ0) is 14.4. The lowest BCUT2D eigenvalue weighted by molar-refractivity contribution is 0.303. The van der Waals surface area contributed by atoms with Gasteiger partial charge >= 0.3 is 0 Å². The molecule has 2 heteroatoms. The first kappa shape index (κ1) is 14.6. The second-order valence-electron chi connectivity index (χ2n) is 5.20. The first-order valence-electron chi connectivity index (χ1n) is 7.14. The predicted molar refractivity (Wildman–Crippen MR) is 84.0 cm³/mol. The molecule has 0 aliphatic rings. The van der Waals surface area contributed by atoms with E-state index in [4.69, 9.17) is 4.74 Å². The number of hydrogen-bond donors (Lipinski definition) is 0. The maximum atomic E-state index is 5.90. The molecule has 20 heavy (non-hydrogen) atoms. The van der Waals surface area contributed by atoms with Gasteiger partial charge in [0, 0.05) is 6.54 Å². The van der Waals surface area contributed by atoms with Gasteiger partial charge in [-0.25, -0.2) is 0 Å². The molecule has 0 atom stereocenters. The quantitative estimate of drug-likeness (QED) is 0.785. The van der Waals surface area contributed by atoms with Crippen LogP contribution in [-0.4, -0.2) is 18.5 Å². The zero-order valence-corrected chi connectivity index (χ0v) is 12.6. The maximum absolute atomic E-state index is 5.90. The molecule has 0 spiro atoms. The van der Waals surface area contributed by atoms with Crippen LogP contribution < -0.4 is 4.74 Å². The van der Waals surface area contributed by atoms with Crippen LogP contribution in [-0.2, 0) is 13.2 Å². The van der Waals surface area contributed by atoms with Crippen LogP contribution in [0.1, 0.15) is 23.6 Å². The molecule has 0 aliphatic carbocycles. The lowest BCUT2D eigenvalue weighted by Gasteiger charge is -2.15. The first-order chi connectivity index (χ1) is 9.69. The smallest absolute Gasteiger partial charge is 0.122 e. The van der Waals surface area contributed by atoms with Crippen LogP contribution in [0.3, 0.4) is 0 Å². The van der Waals surface area contributed by atoms with E-state index < -0.39 is 0 Å². The highest BCUT2D eigenvalue weighted by Gasteiger charge is 2.02. The van der Waals surface area contributed by atoms with E-state index in [9.17, 15) is 0 Å². The molecule has 0 saturated carbocycles. The Morgan fingerprint density at radius 1 is 1.00 bits per heavy atom. The van der Waals surface area contributed by atoms with E-state index in [0.29, 0.717) is 6.61 Å². The molecule has 2 nitrogen and oxygen atoms in total. The first-order valence-corrected chi connectivity index (χ1v) is 7.14. The minimum atomic E-state index is 0.620. The van der Waals surface area contributed by atoms with Gasteiger partial charge in [0.2, 0.25) is 0 Å². The minimum absolute atomic E-state index is 0.620. The van der Waals surface area contributed by atoms with Crippen LogP contribution in [0.5, 0.6) is 5.75 Å². The van der Waals surface area contributed by atoms with Gasteiger partial charge in [-0.3, -0.25) is 0 Å². The molecule has 2 aromatic rings. The third-order valence-corrected chi connectivity index (χ3v) is 3.47. The Bertz CT molecular complexity index is 551. The van der Waals surface area contributed by atoms with Gasteiger partial charge < -0.3 is 9.64 Å². The molecule has 106 valence electrons. The number of nitrogens with zero attached hydrogens (tertiary/aromatic N) is 1. The number of benzene rings is 2. The van der Waals surface area contributed by atoms with Gasteiger partial charge in [-0.05, 0) is 43.3 Å². The van der Waals surface area contributed by atoms with Gasteiger partial charge in [-0.1, -0.05) is 49.4 Å². The molecule has 0 fully saturated rings. The third kappa shape index (κ3) is 4.10. The van der Waals surface area contributed by atoms with Crippen molar-refractivity contribution in [3.05, 3.63) is 65.2 Å². The summed E-state index contributed by atoms with van der Waals surface area (Å²) in [6, 6.07) is 16.8. The molecule has 0 aliphatic heterocycles. The summed E-state index contributed by atoms with van der Waals surface area (Å²) in [5, 5.41) is 0. The lowest BCUT2D eigenvalue weighted by Crippen LogP contribution is -2.16. The molecule has 2 rings (SSSR count). The summed E-state index contributed by atoms with van der Waals surface area (Å²) in [6.45, 7) is 6.90. The highest BCUT2D eigenvalue weighted by molar-refractivity contribution is 5.32. The number of para-hydroxylation sites is 1. The minimum Gasteiger partial charge on any atom is -0.489 e. The molecule has 0 N–H and O–H groups in total. The van der Waals surface area contributed by atoms with Crippen LogP contribution in [0.4, 0.5) is 0 Å². The van der Waals surface area contributed by atoms with Crippen molar-refractivity contribution in [2.24, 2.45) is 0 Å². The van der Waals surface area contributed by atoms with Gasteiger partial charge in [-0.15, -0.1) is 0 Å². The van der Waals surface area contributed by atoms with Gasteiger partial charge in [-0.2, -0.15) is 0 Å². The largest absolute Gasteiger partial charge is 0.489 e. The molecule has 0 radical (unpaired) electrons. The molecular weight excluding hydrogens is 246 g/mol. The van der Waals surface area contributed by atoms with E-state index in [2.05, 4.69) is 56.1 Å². The van der Waals surface area contributed by atoms with Crippen LogP contribution in [0, 0.1) is 6.92 Å². The zero-order valence-electron chi connectivity index (χ0n) is 12.6. The summed E-state index contributed by atoms with van der Waals surface area (Å²) in [7, 11) is 2.14. The Balaban J connectivity index is 2.00. The van der Waals surface area contributed by atoms with Crippen molar-refractivity contribution < 1.29 is 4.74 Å². The summed E-state index contributed by atoms with van der Waals surface area (Å²) in [5.41, 5.74) is 3.73. The topological polar surface area (TPSA) is 12.5 Å². The fourth-order valence-electron chi connectivity index (χ4n) is 2.12. The number of aryl methyl sites for hydroxylation is 1. The molecule has 2 aromatic carbocycles. The van der Waals surface area contributed by atoms with E-state index in [1.165, 1.54) is 16.7 Å². The molecule has 0 saturated heterocycles. The molecule has 0 aromatic heterocycles. The second kappa shape index (κ2) is 7.11. The Morgan fingerprint density at radius 2 is 1.75 bits per heavy atom. The van der Waals surface area contributed by atoms with E-state index in [1.54, 1.807) is 0 Å². The van der Waals surface area contributed by atoms with Crippen LogP contribution in [0.25, 0.3) is 0 Å². The van der Waals surface area contributed by atoms with Crippen LogP contribution in [0.2, 0.25) is 0 Å². The predicted octanol–water partition coefficient (Wildman–Crippen LogP) is 4.03. The fraction of sp³-hybridized carbons (Fsp3) is 0.333. The van der Waals surface area contributed by atoms with Crippen molar-refractivity contribution in [2.45, 2.75) is 27.0 Å². The second-order valence-corrected chi connectivity index (χ2v) is 5.20. The number of rotatable bonds is 6. The Labute approximate surface area is 122 Å². The summed E-state index contributed by atoms with van der Waals surface area (Å²) < 4.78 is 5.90. The van der Waals surface area contributed by atoms with Gasteiger partial charge in [0.25, 0.3) is 0 Å².